The first-order valence-corrected chi connectivity index (χ1v) is 6.13. The maximum atomic E-state index is 9.65. The van der Waals surface area contributed by atoms with E-state index in [0.29, 0.717) is 6.61 Å². The van der Waals surface area contributed by atoms with Gasteiger partial charge in [0.2, 0.25) is 0 Å². The van der Waals surface area contributed by atoms with Crippen molar-refractivity contribution in [1.82, 2.24) is 4.90 Å². The van der Waals surface area contributed by atoms with Crippen molar-refractivity contribution in [1.29, 1.82) is 0 Å². The number of hydrogen-bond donors (Lipinski definition) is 1. The third kappa shape index (κ3) is 8.85. The van der Waals surface area contributed by atoms with Crippen LogP contribution in [0.4, 0.5) is 0 Å². The van der Waals surface area contributed by atoms with Gasteiger partial charge in [0.25, 0.3) is 0 Å². The second-order valence-electron chi connectivity index (χ2n) is 4.12. The van der Waals surface area contributed by atoms with Crippen molar-refractivity contribution in [3.05, 3.63) is 0 Å². The number of hydrogen-bond acceptors (Lipinski definition) is 3. The van der Waals surface area contributed by atoms with Crippen molar-refractivity contribution >= 4 is 0 Å². The quantitative estimate of drug-likeness (QED) is 0.606. The lowest BCUT2D eigenvalue weighted by Crippen LogP contribution is -2.36. The van der Waals surface area contributed by atoms with Gasteiger partial charge in [-0.3, -0.25) is 0 Å². The molecule has 0 aromatic heterocycles. The van der Waals surface area contributed by atoms with Gasteiger partial charge in [-0.2, -0.15) is 0 Å². The summed E-state index contributed by atoms with van der Waals surface area (Å²) in [6.45, 7) is 7.77. The molecule has 1 N–H and O–H groups in total. The zero-order chi connectivity index (χ0) is 11.5. The molecule has 0 heterocycles. The highest BCUT2D eigenvalue weighted by Crippen LogP contribution is 2.01. The Labute approximate surface area is 94.4 Å². The number of aliphatic hydroxyl groups excluding tert-OH is 1. The summed E-state index contributed by atoms with van der Waals surface area (Å²) in [5.41, 5.74) is 0. The third-order valence-corrected chi connectivity index (χ3v) is 2.48. The monoisotopic (exact) mass is 217 g/mol. The normalized spacial score (nSPS) is 13.4. The van der Waals surface area contributed by atoms with Crippen molar-refractivity contribution in [2.45, 2.75) is 45.6 Å². The summed E-state index contributed by atoms with van der Waals surface area (Å²) >= 11 is 0. The smallest absolute Gasteiger partial charge is 0.0900 e. The molecule has 0 rings (SSSR count). The van der Waals surface area contributed by atoms with Gasteiger partial charge >= 0.3 is 0 Å². The molecule has 0 bridgehead atoms. The van der Waals surface area contributed by atoms with Crippen LogP contribution in [0.5, 0.6) is 0 Å². The largest absolute Gasteiger partial charge is 0.389 e. The minimum atomic E-state index is -0.344. The molecule has 0 saturated heterocycles. The SMILES string of the molecule is CCCCN(CCCC)CC(O)COC. The minimum Gasteiger partial charge on any atom is -0.389 e. The van der Waals surface area contributed by atoms with E-state index in [1.165, 1.54) is 25.7 Å². The van der Waals surface area contributed by atoms with Crippen LogP contribution < -0.4 is 0 Å². The van der Waals surface area contributed by atoms with E-state index < -0.39 is 0 Å². The molecule has 3 nitrogen and oxygen atoms in total. The Morgan fingerprint density at radius 1 is 1.13 bits per heavy atom. The second-order valence-corrected chi connectivity index (χ2v) is 4.12. The third-order valence-electron chi connectivity index (χ3n) is 2.48. The Morgan fingerprint density at radius 2 is 1.67 bits per heavy atom. The van der Waals surface area contributed by atoms with Crippen molar-refractivity contribution in [3.63, 3.8) is 0 Å². The van der Waals surface area contributed by atoms with Crippen molar-refractivity contribution < 1.29 is 9.84 Å². The molecule has 0 amide bonds. The van der Waals surface area contributed by atoms with Crippen LogP contribution in [0.3, 0.4) is 0 Å². The maximum absolute atomic E-state index is 9.65. The molecule has 0 aromatic carbocycles. The fourth-order valence-electron chi connectivity index (χ4n) is 1.60. The highest BCUT2D eigenvalue weighted by molar-refractivity contribution is 4.64. The van der Waals surface area contributed by atoms with Gasteiger partial charge in [0.05, 0.1) is 12.7 Å². The second kappa shape index (κ2) is 10.4. The van der Waals surface area contributed by atoms with E-state index in [-0.39, 0.29) is 6.10 Å². The van der Waals surface area contributed by atoms with E-state index in [2.05, 4.69) is 18.7 Å². The van der Waals surface area contributed by atoms with E-state index >= 15 is 0 Å². The molecule has 92 valence electrons. The van der Waals surface area contributed by atoms with Crippen molar-refractivity contribution in [2.75, 3.05) is 33.4 Å². The number of nitrogens with zero attached hydrogens (tertiary/aromatic N) is 1. The predicted octanol–water partition coefficient (Wildman–Crippen LogP) is 1.90. The van der Waals surface area contributed by atoms with Gasteiger partial charge in [0.15, 0.2) is 0 Å². The molecule has 0 aromatic rings. The molecule has 0 fully saturated rings. The lowest BCUT2D eigenvalue weighted by molar-refractivity contribution is 0.0370. The molecule has 3 heteroatoms. The number of ether oxygens (including phenoxy) is 1. The molecule has 0 saturated carbocycles. The van der Waals surface area contributed by atoms with E-state index in [1.807, 2.05) is 0 Å². The summed E-state index contributed by atoms with van der Waals surface area (Å²) in [4.78, 5) is 2.34. The fourth-order valence-corrected chi connectivity index (χ4v) is 1.60. The van der Waals surface area contributed by atoms with Crippen LogP contribution in [0.15, 0.2) is 0 Å². The Morgan fingerprint density at radius 3 is 2.07 bits per heavy atom. The molecule has 0 aliphatic heterocycles. The first-order valence-electron chi connectivity index (χ1n) is 6.13. The van der Waals surface area contributed by atoms with Gasteiger partial charge in [0.1, 0.15) is 0 Å². The molecule has 0 aliphatic rings. The van der Waals surface area contributed by atoms with Gasteiger partial charge < -0.3 is 14.7 Å². The first kappa shape index (κ1) is 14.9. The molecule has 0 aliphatic carbocycles. The Balaban J connectivity index is 3.76. The van der Waals surface area contributed by atoms with Crippen LogP contribution in [0.25, 0.3) is 0 Å². The minimum absolute atomic E-state index is 0.344. The number of unbranched alkanes of at least 4 members (excludes halogenated alkanes) is 2. The molecule has 15 heavy (non-hydrogen) atoms. The zero-order valence-corrected chi connectivity index (χ0v) is 10.5. The highest BCUT2D eigenvalue weighted by Gasteiger charge is 2.10. The summed E-state index contributed by atoms with van der Waals surface area (Å²) in [6.07, 6.45) is 4.50. The number of methoxy groups -OCH3 is 1. The Hall–Kier alpha value is -0.120. The molecular weight excluding hydrogens is 190 g/mol. The molecule has 0 radical (unpaired) electrons. The average molecular weight is 217 g/mol. The summed E-state index contributed by atoms with van der Waals surface area (Å²) in [6, 6.07) is 0. The van der Waals surface area contributed by atoms with Crippen LogP contribution in [0.1, 0.15) is 39.5 Å². The maximum Gasteiger partial charge on any atom is 0.0900 e. The lowest BCUT2D eigenvalue weighted by Gasteiger charge is -2.24. The number of rotatable bonds is 10. The predicted molar refractivity (Wildman–Crippen MR) is 64.1 cm³/mol. The van der Waals surface area contributed by atoms with Gasteiger partial charge in [-0.1, -0.05) is 26.7 Å². The lowest BCUT2D eigenvalue weighted by atomic mass is 10.2. The fraction of sp³-hybridized carbons (Fsp3) is 1.00. The summed E-state index contributed by atoms with van der Waals surface area (Å²) in [5.74, 6) is 0. The summed E-state index contributed by atoms with van der Waals surface area (Å²) in [7, 11) is 1.63. The summed E-state index contributed by atoms with van der Waals surface area (Å²) < 4.78 is 4.94. The van der Waals surface area contributed by atoms with Gasteiger partial charge in [-0.15, -0.1) is 0 Å². The van der Waals surface area contributed by atoms with Crippen LogP contribution in [0.2, 0.25) is 0 Å². The van der Waals surface area contributed by atoms with Gasteiger partial charge in [-0.05, 0) is 25.9 Å². The number of aliphatic hydroxyl groups is 1. The Kier molecular flexibility index (Phi) is 10.3. The van der Waals surface area contributed by atoms with Gasteiger partial charge in [-0.25, -0.2) is 0 Å². The first-order chi connectivity index (χ1) is 7.24. The Bertz CT molecular complexity index is 123. The van der Waals surface area contributed by atoms with Crippen LogP contribution >= 0.6 is 0 Å². The van der Waals surface area contributed by atoms with Crippen molar-refractivity contribution in [2.24, 2.45) is 0 Å². The zero-order valence-electron chi connectivity index (χ0n) is 10.5. The average Bonchev–Trinajstić information content (AvgIpc) is 2.22. The molecular formula is C12H27NO2. The van der Waals surface area contributed by atoms with Crippen LogP contribution in [-0.4, -0.2) is 49.5 Å². The van der Waals surface area contributed by atoms with Crippen molar-refractivity contribution in [3.8, 4) is 0 Å². The molecule has 0 spiro atoms. The van der Waals surface area contributed by atoms with Crippen LogP contribution in [0, 0.1) is 0 Å². The van der Waals surface area contributed by atoms with E-state index in [0.717, 1.165) is 19.6 Å². The summed E-state index contributed by atoms with van der Waals surface area (Å²) in [5, 5.41) is 9.65. The highest BCUT2D eigenvalue weighted by atomic mass is 16.5. The molecule has 1 unspecified atom stereocenters. The molecule has 1 atom stereocenters. The van der Waals surface area contributed by atoms with Gasteiger partial charge in [0, 0.05) is 13.7 Å². The van der Waals surface area contributed by atoms with E-state index in [1.54, 1.807) is 7.11 Å². The van der Waals surface area contributed by atoms with Crippen LogP contribution in [-0.2, 0) is 4.74 Å². The topological polar surface area (TPSA) is 32.7 Å². The van der Waals surface area contributed by atoms with E-state index in [4.69, 9.17) is 4.74 Å². The standard InChI is InChI=1S/C12H27NO2/c1-4-6-8-13(9-7-5-2)10-12(14)11-15-3/h12,14H,4-11H2,1-3H3. The van der Waals surface area contributed by atoms with E-state index in [9.17, 15) is 5.11 Å².